The summed E-state index contributed by atoms with van der Waals surface area (Å²) in [5.41, 5.74) is 1.17. The molecule has 25 heavy (non-hydrogen) atoms. The number of ether oxygens (including phenoxy) is 1. The maximum Gasteiger partial charge on any atom is 0.225 e. The fraction of sp³-hybridized carbons (Fsp3) is 0.579. The third kappa shape index (κ3) is 5.05. The highest BCUT2D eigenvalue weighted by Crippen LogP contribution is 2.21. The van der Waals surface area contributed by atoms with Gasteiger partial charge < -0.3 is 14.5 Å². The van der Waals surface area contributed by atoms with Gasteiger partial charge in [-0.25, -0.2) is 0 Å². The van der Waals surface area contributed by atoms with E-state index in [1.54, 1.807) is 0 Å². The smallest absolute Gasteiger partial charge is 0.225 e. The number of benzene rings is 1. The number of carbonyl (C=O) groups excluding carboxylic acids is 2. The van der Waals surface area contributed by atoms with Crippen LogP contribution in [0.3, 0.4) is 0 Å². The van der Waals surface area contributed by atoms with Crippen LogP contribution < -0.4 is 0 Å². The second kappa shape index (κ2) is 8.81. The summed E-state index contributed by atoms with van der Waals surface area (Å²) in [6.07, 6.45) is 2.83. The topological polar surface area (TPSA) is 49.9 Å². The van der Waals surface area contributed by atoms with E-state index in [9.17, 15) is 9.59 Å². The SMILES string of the molecule is O=C(CCc1cccc(Br)c1)N1CCC(C(=O)N2CCOCC2)CC1. The van der Waals surface area contributed by atoms with Gasteiger partial charge in [-0.3, -0.25) is 9.59 Å². The molecule has 0 bridgehead atoms. The van der Waals surface area contributed by atoms with Crippen LogP contribution in [0.25, 0.3) is 0 Å². The molecule has 3 rings (SSSR count). The number of hydrogen-bond acceptors (Lipinski definition) is 3. The van der Waals surface area contributed by atoms with Gasteiger partial charge in [0.15, 0.2) is 0 Å². The number of hydrogen-bond donors (Lipinski definition) is 0. The molecule has 0 aliphatic carbocycles. The third-order valence-corrected chi connectivity index (χ3v) is 5.53. The van der Waals surface area contributed by atoms with E-state index in [0.29, 0.717) is 45.8 Å². The predicted molar refractivity (Wildman–Crippen MR) is 99.2 cm³/mol. The van der Waals surface area contributed by atoms with E-state index in [1.807, 2.05) is 28.0 Å². The molecule has 2 aliphatic heterocycles. The summed E-state index contributed by atoms with van der Waals surface area (Å²) in [6, 6.07) is 8.08. The lowest BCUT2D eigenvalue weighted by Gasteiger charge is -2.35. The van der Waals surface area contributed by atoms with Gasteiger partial charge in [-0.2, -0.15) is 0 Å². The summed E-state index contributed by atoms with van der Waals surface area (Å²) in [5, 5.41) is 0. The number of halogens is 1. The summed E-state index contributed by atoms with van der Waals surface area (Å²) < 4.78 is 6.35. The van der Waals surface area contributed by atoms with Crippen molar-refractivity contribution in [3.05, 3.63) is 34.3 Å². The van der Waals surface area contributed by atoms with E-state index in [-0.39, 0.29) is 17.7 Å². The second-order valence-electron chi connectivity index (χ2n) is 6.72. The van der Waals surface area contributed by atoms with Gasteiger partial charge in [-0.15, -0.1) is 0 Å². The molecular formula is C19H25BrN2O3. The minimum Gasteiger partial charge on any atom is -0.378 e. The Balaban J connectivity index is 1.43. The number of aryl methyl sites for hydroxylation is 1. The molecule has 1 aromatic carbocycles. The van der Waals surface area contributed by atoms with Crippen LogP contribution in [0.1, 0.15) is 24.8 Å². The number of morpholine rings is 1. The first kappa shape index (κ1) is 18.4. The monoisotopic (exact) mass is 408 g/mol. The van der Waals surface area contributed by atoms with Crippen LogP contribution in [0, 0.1) is 5.92 Å². The standard InChI is InChI=1S/C19H25BrN2O3/c20-17-3-1-2-15(14-17)4-5-18(23)21-8-6-16(7-9-21)19(24)22-10-12-25-13-11-22/h1-3,14,16H,4-13H2. The molecule has 1 aromatic rings. The number of likely N-dealkylation sites (tertiary alicyclic amines) is 1. The zero-order valence-corrected chi connectivity index (χ0v) is 16.0. The van der Waals surface area contributed by atoms with Crippen molar-refractivity contribution < 1.29 is 14.3 Å². The molecule has 0 atom stereocenters. The molecule has 0 unspecified atom stereocenters. The Morgan fingerprint density at radius 3 is 2.48 bits per heavy atom. The highest BCUT2D eigenvalue weighted by atomic mass is 79.9. The first-order valence-electron chi connectivity index (χ1n) is 9.02. The summed E-state index contributed by atoms with van der Waals surface area (Å²) in [6.45, 7) is 4.06. The molecule has 2 aliphatic rings. The van der Waals surface area contributed by atoms with Crippen molar-refractivity contribution in [3.63, 3.8) is 0 Å². The molecule has 6 heteroatoms. The van der Waals surface area contributed by atoms with Crippen LogP contribution in [-0.4, -0.2) is 61.0 Å². The van der Waals surface area contributed by atoms with Crippen molar-refractivity contribution in [2.24, 2.45) is 5.92 Å². The van der Waals surface area contributed by atoms with Gasteiger partial charge >= 0.3 is 0 Å². The molecule has 136 valence electrons. The largest absolute Gasteiger partial charge is 0.378 e. The van der Waals surface area contributed by atoms with Crippen LogP contribution in [-0.2, 0) is 20.7 Å². The summed E-state index contributed by atoms with van der Waals surface area (Å²) in [4.78, 5) is 28.8. The Hall–Kier alpha value is -1.40. The third-order valence-electron chi connectivity index (χ3n) is 5.04. The van der Waals surface area contributed by atoms with Crippen molar-refractivity contribution in [1.29, 1.82) is 0 Å². The van der Waals surface area contributed by atoms with Crippen LogP contribution >= 0.6 is 15.9 Å². The first-order chi connectivity index (χ1) is 12.1. The Morgan fingerprint density at radius 1 is 1.08 bits per heavy atom. The van der Waals surface area contributed by atoms with Crippen molar-refractivity contribution >= 4 is 27.7 Å². The van der Waals surface area contributed by atoms with Gasteiger partial charge in [-0.1, -0.05) is 28.1 Å². The number of carbonyl (C=O) groups is 2. The van der Waals surface area contributed by atoms with Gasteiger partial charge in [-0.05, 0) is 37.0 Å². The van der Waals surface area contributed by atoms with Crippen LogP contribution in [0.5, 0.6) is 0 Å². The summed E-state index contributed by atoms with van der Waals surface area (Å²) in [5.74, 6) is 0.494. The van der Waals surface area contributed by atoms with Gasteiger partial charge in [0.25, 0.3) is 0 Å². The summed E-state index contributed by atoms with van der Waals surface area (Å²) >= 11 is 3.46. The number of rotatable bonds is 4. The average molecular weight is 409 g/mol. The lowest BCUT2D eigenvalue weighted by molar-refractivity contribution is -0.143. The Labute approximate surface area is 157 Å². The highest BCUT2D eigenvalue weighted by Gasteiger charge is 2.30. The second-order valence-corrected chi connectivity index (χ2v) is 7.64. The Kier molecular flexibility index (Phi) is 6.48. The van der Waals surface area contributed by atoms with E-state index in [0.717, 1.165) is 23.7 Å². The van der Waals surface area contributed by atoms with E-state index in [1.165, 1.54) is 5.56 Å². The number of piperidine rings is 1. The number of nitrogens with zero attached hydrogens (tertiary/aromatic N) is 2. The van der Waals surface area contributed by atoms with Crippen molar-refractivity contribution in [3.8, 4) is 0 Å². The molecule has 2 saturated heterocycles. The van der Waals surface area contributed by atoms with E-state index in [4.69, 9.17) is 4.74 Å². The van der Waals surface area contributed by atoms with Gasteiger partial charge in [0.1, 0.15) is 0 Å². The first-order valence-corrected chi connectivity index (χ1v) is 9.81. The molecule has 2 fully saturated rings. The predicted octanol–water partition coefficient (Wildman–Crippen LogP) is 2.48. The van der Waals surface area contributed by atoms with Gasteiger partial charge in [0, 0.05) is 43.0 Å². The van der Waals surface area contributed by atoms with Crippen LogP contribution in [0.2, 0.25) is 0 Å². The average Bonchev–Trinajstić information content (AvgIpc) is 2.66. The molecular weight excluding hydrogens is 384 g/mol. The molecule has 2 amide bonds. The van der Waals surface area contributed by atoms with Crippen molar-refractivity contribution in [2.45, 2.75) is 25.7 Å². The quantitative estimate of drug-likeness (QED) is 0.768. The minimum absolute atomic E-state index is 0.0622. The molecule has 0 N–H and O–H groups in total. The van der Waals surface area contributed by atoms with E-state index >= 15 is 0 Å². The molecule has 0 radical (unpaired) electrons. The molecule has 5 nitrogen and oxygen atoms in total. The van der Waals surface area contributed by atoms with E-state index < -0.39 is 0 Å². The Morgan fingerprint density at radius 2 is 1.80 bits per heavy atom. The lowest BCUT2D eigenvalue weighted by atomic mass is 9.94. The zero-order chi connectivity index (χ0) is 17.6. The number of amides is 2. The Bertz CT molecular complexity index is 608. The summed E-state index contributed by atoms with van der Waals surface area (Å²) in [7, 11) is 0. The van der Waals surface area contributed by atoms with Gasteiger partial charge in [0.2, 0.25) is 11.8 Å². The fourth-order valence-electron chi connectivity index (χ4n) is 3.52. The molecule has 0 aromatic heterocycles. The normalized spacial score (nSPS) is 19.1. The highest BCUT2D eigenvalue weighted by molar-refractivity contribution is 9.10. The zero-order valence-electron chi connectivity index (χ0n) is 14.5. The fourth-order valence-corrected chi connectivity index (χ4v) is 3.97. The minimum atomic E-state index is 0.0622. The maximum absolute atomic E-state index is 12.5. The van der Waals surface area contributed by atoms with Gasteiger partial charge in [0.05, 0.1) is 13.2 Å². The molecule has 0 spiro atoms. The van der Waals surface area contributed by atoms with Crippen molar-refractivity contribution in [1.82, 2.24) is 9.80 Å². The molecule has 0 saturated carbocycles. The van der Waals surface area contributed by atoms with E-state index in [2.05, 4.69) is 22.0 Å². The lowest BCUT2D eigenvalue weighted by Crippen LogP contribution is -2.47. The van der Waals surface area contributed by atoms with Crippen LogP contribution in [0.15, 0.2) is 28.7 Å². The molecule has 2 heterocycles. The maximum atomic E-state index is 12.5. The van der Waals surface area contributed by atoms with Crippen LogP contribution in [0.4, 0.5) is 0 Å². The van der Waals surface area contributed by atoms with Crippen molar-refractivity contribution in [2.75, 3.05) is 39.4 Å².